The summed E-state index contributed by atoms with van der Waals surface area (Å²) in [6, 6.07) is 4.41. The van der Waals surface area contributed by atoms with E-state index < -0.39 is 0 Å². The van der Waals surface area contributed by atoms with Crippen molar-refractivity contribution in [3.05, 3.63) is 23.7 Å². The van der Waals surface area contributed by atoms with Crippen molar-refractivity contribution in [3.63, 3.8) is 0 Å². The van der Waals surface area contributed by atoms with Crippen LogP contribution < -0.4 is 5.32 Å². The summed E-state index contributed by atoms with van der Waals surface area (Å²) in [4.78, 5) is 0. The van der Waals surface area contributed by atoms with Crippen LogP contribution in [-0.2, 0) is 0 Å². The van der Waals surface area contributed by atoms with E-state index in [4.69, 9.17) is 4.42 Å². The van der Waals surface area contributed by atoms with Crippen molar-refractivity contribution in [2.45, 2.75) is 52.5 Å². The molecule has 1 aromatic heterocycles. The van der Waals surface area contributed by atoms with Crippen LogP contribution in [-0.4, -0.2) is 6.54 Å². The van der Waals surface area contributed by atoms with Gasteiger partial charge in [-0.2, -0.15) is 0 Å². The maximum atomic E-state index is 5.56. The molecule has 0 bridgehead atoms. The van der Waals surface area contributed by atoms with Gasteiger partial charge in [0.25, 0.3) is 0 Å². The van der Waals surface area contributed by atoms with Gasteiger partial charge in [0.1, 0.15) is 11.5 Å². The van der Waals surface area contributed by atoms with E-state index in [0.717, 1.165) is 18.1 Å². The first-order chi connectivity index (χ1) is 7.24. The molecule has 2 nitrogen and oxygen atoms in total. The van der Waals surface area contributed by atoms with Crippen molar-refractivity contribution < 1.29 is 4.42 Å². The molecular weight excluding hydrogens is 186 g/mol. The van der Waals surface area contributed by atoms with Crippen molar-refractivity contribution in [2.24, 2.45) is 0 Å². The summed E-state index contributed by atoms with van der Waals surface area (Å²) in [5.41, 5.74) is 0. The Morgan fingerprint density at radius 3 is 2.67 bits per heavy atom. The molecule has 0 aromatic carbocycles. The van der Waals surface area contributed by atoms with Crippen LogP contribution in [0, 0.1) is 6.92 Å². The highest BCUT2D eigenvalue weighted by molar-refractivity contribution is 5.08. The summed E-state index contributed by atoms with van der Waals surface area (Å²) >= 11 is 0. The first-order valence-corrected chi connectivity index (χ1v) is 6.03. The zero-order valence-electron chi connectivity index (χ0n) is 10.2. The Hall–Kier alpha value is -0.760. The molecule has 2 heteroatoms. The van der Waals surface area contributed by atoms with Gasteiger partial charge < -0.3 is 9.73 Å². The fraction of sp³-hybridized carbons (Fsp3) is 0.692. The van der Waals surface area contributed by atoms with E-state index in [2.05, 4.69) is 25.2 Å². The van der Waals surface area contributed by atoms with Crippen LogP contribution in [0.5, 0.6) is 0 Å². The van der Waals surface area contributed by atoms with Gasteiger partial charge in [-0.3, -0.25) is 0 Å². The van der Waals surface area contributed by atoms with Gasteiger partial charge >= 0.3 is 0 Å². The summed E-state index contributed by atoms with van der Waals surface area (Å²) in [7, 11) is 0. The molecule has 0 spiro atoms. The molecule has 1 atom stereocenters. The second-order valence-electron chi connectivity index (χ2n) is 4.18. The molecule has 0 radical (unpaired) electrons. The molecule has 0 aliphatic heterocycles. The minimum Gasteiger partial charge on any atom is -0.465 e. The van der Waals surface area contributed by atoms with Crippen molar-refractivity contribution >= 4 is 0 Å². The van der Waals surface area contributed by atoms with Crippen LogP contribution >= 0.6 is 0 Å². The van der Waals surface area contributed by atoms with Crippen LogP contribution in [0.25, 0.3) is 0 Å². The molecule has 1 rings (SSSR count). The second-order valence-corrected chi connectivity index (χ2v) is 4.18. The third kappa shape index (κ3) is 4.52. The van der Waals surface area contributed by atoms with Gasteiger partial charge in [0.2, 0.25) is 0 Å². The molecule has 86 valence electrons. The molecule has 0 unspecified atom stereocenters. The lowest BCUT2D eigenvalue weighted by Crippen LogP contribution is -2.19. The van der Waals surface area contributed by atoms with Gasteiger partial charge in [-0.15, -0.1) is 0 Å². The van der Waals surface area contributed by atoms with Crippen LogP contribution in [0.3, 0.4) is 0 Å². The Kier molecular flexibility index (Phi) is 5.48. The molecule has 0 aliphatic carbocycles. The lowest BCUT2D eigenvalue weighted by Gasteiger charge is -2.10. The van der Waals surface area contributed by atoms with Gasteiger partial charge in [0.15, 0.2) is 0 Å². The topological polar surface area (TPSA) is 25.2 Å². The summed E-state index contributed by atoms with van der Waals surface area (Å²) in [6.45, 7) is 7.46. The average molecular weight is 209 g/mol. The smallest absolute Gasteiger partial charge is 0.120 e. The minimum atomic E-state index is 0.334. The number of nitrogens with one attached hydrogen (secondary N) is 1. The number of hydrogen-bond acceptors (Lipinski definition) is 2. The zero-order chi connectivity index (χ0) is 11.1. The van der Waals surface area contributed by atoms with Gasteiger partial charge in [0, 0.05) is 0 Å². The second kappa shape index (κ2) is 6.67. The number of hydrogen-bond donors (Lipinski definition) is 1. The highest BCUT2D eigenvalue weighted by Gasteiger charge is 2.07. The third-order valence-electron chi connectivity index (χ3n) is 2.67. The minimum absolute atomic E-state index is 0.334. The maximum Gasteiger partial charge on any atom is 0.120 e. The molecule has 0 saturated heterocycles. The predicted octanol–water partition coefficient (Wildman–Crippen LogP) is 3.82. The molecule has 0 amide bonds. The fourth-order valence-electron chi connectivity index (χ4n) is 1.66. The number of rotatable bonds is 7. The van der Waals surface area contributed by atoms with E-state index in [1.807, 2.05) is 13.0 Å². The van der Waals surface area contributed by atoms with Gasteiger partial charge in [-0.05, 0) is 38.9 Å². The Morgan fingerprint density at radius 1 is 1.27 bits per heavy atom. The molecule has 1 aromatic rings. The van der Waals surface area contributed by atoms with Crippen molar-refractivity contribution in [3.8, 4) is 0 Å². The normalized spacial score (nSPS) is 13.0. The first-order valence-electron chi connectivity index (χ1n) is 6.03. The quantitative estimate of drug-likeness (QED) is 0.691. The van der Waals surface area contributed by atoms with E-state index >= 15 is 0 Å². The average Bonchev–Trinajstić information content (AvgIpc) is 2.64. The Morgan fingerprint density at radius 2 is 2.07 bits per heavy atom. The molecule has 0 fully saturated rings. The Labute approximate surface area is 93.1 Å². The van der Waals surface area contributed by atoms with Gasteiger partial charge in [-0.1, -0.05) is 26.2 Å². The highest BCUT2D eigenvalue weighted by atomic mass is 16.3. The number of unbranched alkanes of at least 4 members (excludes halogenated alkanes) is 3. The van der Waals surface area contributed by atoms with Crippen LogP contribution in [0.1, 0.15) is 57.1 Å². The standard InChI is InChI=1S/C13H23NO/c1-4-5-6-7-10-14-12(3)13-9-8-11(2)15-13/h8-9,12,14H,4-7,10H2,1-3H3/t12-/m0/s1. The number of furan rings is 1. The molecule has 1 N–H and O–H groups in total. The Balaban J connectivity index is 2.16. The molecule has 0 aliphatic rings. The molecule has 0 saturated carbocycles. The lowest BCUT2D eigenvalue weighted by atomic mass is 10.2. The maximum absolute atomic E-state index is 5.56. The molecular formula is C13H23NO. The largest absolute Gasteiger partial charge is 0.465 e. The van der Waals surface area contributed by atoms with Crippen LogP contribution in [0.15, 0.2) is 16.5 Å². The zero-order valence-corrected chi connectivity index (χ0v) is 10.2. The lowest BCUT2D eigenvalue weighted by molar-refractivity contribution is 0.412. The van der Waals surface area contributed by atoms with Crippen LogP contribution in [0.4, 0.5) is 0 Å². The van der Waals surface area contributed by atoms with Crippen molar-refractivity contribution in [2.75, 3.05) is 6.54 Å². The third-order valence-corrected chi connectivity index (χ3v) is 2.67. The summed E-state index contributed by atoms with van der Waals surface area (Å²) in [5, 5.41) is 3.48. The van der Waals surface area contributed by atoms with Crippen molar-refractivity contribution in [1.29, 1.82) is 0 Å². The summed E-state index contributed by atoms with van der Waals surface area (Å²) in [5.74, 6) is 2.03. The predicted molar refractivity (Wildman–Crippen MR) is 64.0 cm³/mol. The summed E-state index contributed by atoms with van der Waals surface area (Å²) in [6.07, 6.45) is 5.23. The van der Waals surface area contributed by atoms with E-state index in [0.29, 0.717) is 6.04 Å². The number of aryl methyl sites for hydroxylation is 1. The van der Waals surface area contributed by atoms with E-state index in [1.165, 1.54) is 25.7 Å². The van der Waals surface area contributed by atoms with Gasteiger partial charge in [0.05, 0.1) is 6.04 Å². The van der Waals surface area contributed by atoms with E-state index in [9.17, 15) is 0 Å². The SMILES string of the molecule is CCCCCCN[C@@H](C)c1ccc(C)o1. The first kappa shape index (κ1) is 12.3. The fourth-order valence-corrected chi connectivity index (χ4v) is 1.66. The molecule has 1 heterocycles. The van der Waals surface area contributed by atoms with Crippen molar-refractivity contribution in [1.82, 2.24) is 5.32 Å². The molecule has 15 heavy (non-hydrogen) atoms. The monoisotopic (exact) mass is 209 g/mol. The highest BCUT2D eigenvalue weighted by Crippen LogP contribution is 2.15. The van der Waals surface area contributed by atoms with Crippen LogP contribution in [0.2, 0.25) is 0 Å². The Bertz CT molecular complexity index is 267. The summed E-state index contributed by atoms with van der Waals surface area (Å²) < 4.78 is 5.56. The van der Waals surface area contributed by atoms with E-state index in [-0.39, 0.29) is 0 Å². The van der Waals surface area contributed by atoms with Gasteiger partial charge in [-0.25, -0.2) is 0 Å². The van der Waals surface area contributed by atoms with E-state index in [1.54, 1.807) is 0 Å².